The summed E-state index contributed by atoms with van der Waals surface area (Å²) < 4.78 is 10.3. The molecular weight excluding hydrogens is 250 g/mol. The highest BCUT2D eigenvalue weighted by molar-refractivity contribution is 8.34. The molecule has 2 aromatic rings. The van der Waals surface area contributed by atoms with Crippen molar-refractivity contribution in [2.45, 2.75) is 11.8 Å². The van der Waals surface area contributed by atoms with E-state index in [0.29, 0.717) is 5.08 Å². The van der Waals surface area contributed by atoms with Crippen molar-refractivity contribution in [3.8, 4) is 0 Å². The summed E-state index contributed by atoms with van der Waals surface area (Å²) in [6.45, 7) is 2.07. The first-order valence-electron chi connectivity index (χ1n) is 5.51. The normalized spacial score (nSPS) is 16.6. The van der Waals surface area contributed by atoms with Gasteiger partial charge in [-0.2, -0.15) is 0 Å². The topological polar surface area (TPSA) is 46.2 Å². The third-order valence-electron chi connectivity index (χ3n) is 2.60. The smallest absolute Gasteiger partial charge is 0.0611 e. The number of thioether (sulfide) groups is 1. The van der Waals surface area contributed by atoms with Crippen LogP contribution in [-0.2, 0) is 0 Å². The third kappa shape index (κ3) is 2.96. The Morgan fingerprint density at radius 2 is 1.88 bits per heavy atom. The van der Waals surface area contributed by atoms with E-state index < -0.39 is 10.5 Å². The van der Waals surface area contributed by atoms with E-state index in [0.717, 1.165) is 16.0 Å². The Morgan fingerprint density at radius 3 is 2.59 bits per heavy atom. The molecule has 0 saturated heterocycles. The van der Waals surface area contributed by atoms with Crippen LogP contribution < -0.4 is 5.14 Å². The van der Waals surface area contributed by atoms with Crippen LogP contribution in [-0.4, -0.2) is 15.4 Å². The predicted octanol–water partition coefficient (Wildman–Crippen LogP) is 4.06. The summed E-state index contributed by atoms with van der Waals surface area (Å²) in [6, 6.07) is 14.1. The Morgan fingerprint density at radius 1 is 1.18 bits per heavy atom. The molecule has 0 amide bonds. The predicted molar refractivity (Wildman–Crippen MR) is 79.6 cm³/mol. The van der Waals surface area contributed by atoms with Gasteiger partial charge in [-0.3, -0.25) is 5.14 Å². The minimum Gasteiger partial charge on any atom is -0.333 e. The van der Waals surface area contributed by atoms with Gasteiger partial charge in [-0.25, -0.2) is 0 Å². The molecule has 1 unspecified atom stereocenters. The molecule has 1 atom stereocenters. The monoisotopic (exact) mass is 267 g/mol. The zero-order valence-corrected chi connectivity index (χ0v) is 11.4. The van der Waals surface area contributed by atoms with Crippen LogP contribution in [0.5, 0.6) is 0 Å². The Kier molecular flexibility index (Phi) is 3.99. The van der Waals surface area contributed by atoms with E-state index in [-0.39, 0.29) is 0 Å². The van der Waals surface area contributed by atoms with Crippen LogP contribution in [0.25, 0.3) is 10.8 Å². The van der Waals surface area contributed by atoms with Gasteiger partial charge in [0, 0.05) is 4.90 Å². The summed E-state index contributed by atoms with van der Waals surface area (Å²) in [5.41, 5.74) is 0. The van der Waals surface area contributed by atoms with Crippen molar-refractivity contribution in [2.75, 3.05) is 10.8 Å². The van der Waals surface area contributed by atoms with Gasteiger partial charge in [0.1, 0.15) is 0 Å². The van der Waals surface area contributed by atoms with E-state index in [4.69, 9.17) is 5.14 Å². The number of benzene rings is 2. The van der Waals surface area contributed by atoms with E-state index in [1.807, 2.05) is 36.4 Å². The average Bonchev–Trinajstić information content (AvgIpc) is 2.36. The van der Waals surface area contributed by atoms with Crippen molar-refractivity contribution in [1.82, 2.24) is 0 Å². The van der Waals surface area contributed by atoms with Gasteiger partial charge in [0.05, 0.1) is 5.08 Å². The van der Waals surface area contributed by atoms with E-state index in [1.165, 1.54) is 5.39 Å². The number of rotatable bonds is 4. The molecule has 17 heavy (non-hydrogen) atoms. The van der Waals surface area contributed by atoms with Crippen LogP contribution in [0.2, 0.25) is 0 Å². The van der Waals surface area contributed by atoms with Crippen LogP contribution in [0.4, 0.5) is 0 Å². The number of fused-ring (bicyclic) bond motifs is 1. The van der Waals surface area contributed by atoms with Crippen LogP contribution in [0.3, 0.4) is 0 Å². The van der Waals surface area contributed by atoms with Crippen LogP contribution in [0.15, 0.2) is 47.4 Å². The average molecular weight is 267 g/mol. The van der Waals surface area contributed by atoms with Crippen molar-refractivity contribution >= 4 is 33.0 Å². The molecule has 0 aromatic heterocycles. The lowest BCUT2D eigenvalue weighted by Gasteiger charge is -2.28. The molecule has 0 spiro atoms. The first kappa shape index (κ1) is 12.8. The molecule has 0 aliphatic carbocycles. The highest BCUT2D eigenvalue weighted by Gasteiger charge is 2.17. The van der Waals surface area contributed by atoms with Crippen molar-refractivity contribution in [1.29, 1.82) is 0 Å². The standard InChI is InChI=1S/C13H17NOS2/c1-2-16-10-17(14,15)13-8-7-11-5-3-4-6-12(11)9-13/h3-9,15H,2,10,14H2,1H3. The molecule has 92 valence electrons. The van der Waals surface area contributed by atoms with Crippen LogP contribution in [0.1, 0.15) is 6.92 Å². The molecule has 0 radical (unpaired) electrons. The van der Waals surface area contributed by atoms with Gasteiger partial charge >= 0.3 is 0 Å². The zero-order valence-electron chi connectivity index (χ0n) is 9.80. The van der Waals surface area contributed by atoms with Gasteiger partial charge in [0.15, 0.2) is 0 Å². The zero-order chi connectivity index (χ0) is 12.3. The maximum absolute atomic E-state index is 10.3. The fraction of sp³-hybridized carbons (Fsp3) is 0.231. The maximum atomic E-state index is 10.3. The van der Waals surface area contributed by atoms with Gasteiger partial charge in [0.2, 0.25) is 0 Å². The minimum atomic E-state index is -2.15. The van der Waals surface area contributed by atoms with Crippen LogP contribution >= 0.6 is 22.3 Å². The number of hydrogen-bond acceptors (Lipinski definition) is 3. The lowest BCUT2D eigenvalue weighted by Crippen LogP contribution is -2.12. The van der Waals surface area contributed by atoms with Crippen molar-refractivity contribution in [3.05, 3.63) is 42.5 Å². The first-order chi connectivity index (χ1) is 8.13. The van der Waals surface area contributed by atoms with E-state index in [2.05, 4.69) is 13.0 Å². The van der Waals surface area contributed by atoms with Crippen molar-refractivity contribution in [3.63, 3.8) is 0 Å². The highest BCUT2D eigenvalue weighted by atomic mass is 32.3. The lowest BCUT2D eigenvalue weighted by molar-refractivity contribution is 0.631. The summed E-state index contributed by atoms with van der Waals surface area (Å²) >= 11 is 1.68. The van der Waals surface area contributed by atoms with Crippen molar-refractivity contribution in [2.24, 2.45) is 5.14 Å². The second kappa shape index (κ2) is 5.31. The Labute approximate surface area is 108 Å². The second-order valence-corrected chi connectivity index (χ2v) is 7.78. The van der Waals surface area contributed by atoms with Crippen LogP contribution in [0, 0.1) is 0 Å². The van der Waals surface area contributed by atoms with Gasteiger partial charge in [-0.1, -0.05) is 47.8 Å². The lowest BCUT2D eigenvalue weighted by atomic mass is 10.1. The molecule has 2 nitrogen and oxygen atoms in total. The molecule has 0 bridgehead atoms. The summed E-state index contributed by atoms with van der Waals surface area (Å²) in [5, 5.41) is 8.94. The summed E-state index contributed by atoms with van der Waals surface area (Å²) in [7, 11) is -2.15. The molecule has 0 fully saturated rings. The SMILES string of the molecule is CCSCS(N)(O)c1ccc2ccccc2c1. The molecule has 4 heteroatoms. The molecular formula is C13H17NOS2. The number of nitrogens with two attached hydrogens (primary N) is 1. The second-order valence-electron chi connectivity index (χ2n) is 3.87. The fourth-order valence-corrected chi connectivity index (χ4v) is 4.53. The molecule has 2 aromatic carbocycles. The Hall–Kier alpha value is -0.680. The molecule has 0 saturated carbocycles. The summed E-state index contributed by atoms with van der Waals surface area (Å²) in [4.78, 5) is 0.858. The molecule has 3 N–H and O–H groups in total. The van der Waals surface area contributed by atoms with E-state index >= 15 is 0 Å². The number of hydrogen-bond donors (Lipinski definition) is 2. The first-order valence-corrected chi connectivity index (χ1v) is 8.49. The van der Waals surface area contributed by atoms with E-state index in [9.17, 15) is 4.55 Å². The largest absolute Gasteiger partial charge is 0.333 e. The van der Waals surface area contributed by atoms with Crippen molar-refractivity contribution < 1.29 is 4.55 Å². The molecule has 2 rings (SSSR count). The summed E-state index contributed by atoms with van der Waals surface area (Å²) in [5.74, 6) is 0.972. The fourth-order valence-electron chi connectivity index (χ4n) is 1.67. The molecule has 0 heterocycles. The van der Waals surface area contributed by atoms with Gasteiger partial charge in [0.25, 0.3) is 0 Å². The third-order valence-corrected chi connectivity index (χ3v) is 6.18. The Balaban J connectivity index is 2.35. The Bertz CT molecular complexity index is 514. The quantitative estimate of drug-likeness (QED) is 0.878. The molecule has 0 aliphatic heterocycles. The van der Waals surface area contributed by atoms with E-state index in [1.54, 1.807) is 11.8 Å². The highest BCUT2D eigenvalue weighted by Crippen LogP contribution is 2.47. The van der Waals surface area contributed by atoms with Gasteiger partial charge in [-0.05, 0) is 28.7 Å². The molecule has 0 aliphatic rings. The summed E-state index contributed by atoms with van der Waals surface area (Å²) in [6.07, 6.45) is 0. The van der Waals surface area contributed by atoms with Gasteiger partial charge in [-0.15, -0.1) is 11.8 Å². The maximum Gasteiger partial charge on any atom is 0.0611 e. The van der Waals surface area contributed by atoms with Gasteiger partial charge < -0.3 is 4.55 Å². The minimum absolute atomic E-state index is 0.599.